The SMILES string of the molecule is CC1(C)C[CH]c2cc(O)ccc2O1. The van der Waals surface area contributed by atoms with E-state index in [9.17, 15) is 5.11 Å². The van der Waals surface area contributed by atoms with Gasteiger partial charge in [0.1, 0.15) is 17.1 Å². The van der Waals surface area contributed by atoms with Crippen molar-refractivity contribution in [3.05, 3.63) is 30.2 Å². The van der Waals surface area contributed by atoms with E-state index in [0.717, 1.165) is 17.7 Å². The lowest BCUT2D eigenvalue weighted by Crippen LogP contribution is -2.31. The van der Waals surface area contributed by atoms with Crippen molar-refractivity contribution in [2.75, 3.05) is 0 Å². The first kappa shape index (κ1) is 8.42. The van der Waals surface area contributed by atoms with Gasteiger partial charge < -0.3 is 9.84 Å². The molecule has 0 unspecified atom stereocenters. The van der Waals surface area contributed by atoms with Crippen LogP contribution < -0.4 is 4.74 Å². The first-order chi connectivity index (χ1) is 6.07. The Hall–Kier alpha value is -1.18. The normalized spacial score (nSPS) is 18.9. The van der Waals surface area contributed by atoms with Crippen molar-refractivity contribution in [2.45, 2.75) is 25.9 Å². The van der Waals surface area contributed by atoms with Crippen LogP contribution in [0.2, 0.25) is 0 Å². The molecule has 1 radical (unpaired) electrons. The topological polar surface area (TPSA) is 29.5 Å². The summed E-state index contributed by atoms with van der Waals surface area (Å²) < 4.78 is 5.73. The Labute approximate surface area is 78.2 Å². The molecule has 0 amide bonds. The summed E-state index contributed by atoms with van der Waals surface area (Å²) in [7, 11) is 0. The smallest absolute Gasteiger partial charge is 0.123 e. The van der Waals surface area contributed by atoms with Crippen molar-refractivity contribution in [2.24, 2.45) is 0 Å². The highest BCUT2D eigenvalue weighted by Gasteiger charge is 2.26. The molecule has 2 nitrogen and oxygen atoms in total. The quantitative estimate of drug-likeness (QED) is 0.659. The van der Waals surface area contributed by atoms with Gasteiger partial charge in [0.15, 0.2) is 0 Å². The maximum absolute atomic E-state index is 9.24. The Morgan fingerprint density at radius 3 is 2.92 bits per heavy atom. The summed E-state index contributed by atoms with van der Waals surface area (Å²) in [6.45, 7) is 4.11. The van der Waals surface area contributed by atoms with E-state index in [2.05, 4.69) is 20.3 Å². The van der Waals surface area contributed by atoms with E-state index >= 15 is 0 Å². The fourth-order valence-corrected chi connectivity index (χ4v) is 1.48. The van der Waals surface area contributed by atoms with Crippen LogP contribution in [0.25, 0.3) is 0 Å². The molecule has 13 heavy (non-hydrogen) atoms. The molecule has 1 aliphatic heterocycles. The fraction of sp³-hybridized carbons (Fsp3) is 0.364. The first-order valence-electron chi connectivity index (χ1n) is 4.42. The standard InChI is InChI=1S/C11H13O2/c1-11(2)6-5-8-7-9(12)3-4-10(8)13-11/h3-5,7,12H,6H2,1-2H3. The number of phenolic OH excluding ortho intramolecular Hbond substituents is 1. The fourth-order valence-electron chi connectivity index (χ4n) is 1.48. The van der Waals surface area contributed by atoms with Crippen LogP contribution >= 0.6 is 0 Å². The van der Waals surface area contributed by atoms with Crippen LogP contribution in [0.3, 0.4) is 0 Å². The third-order valence-corrected chi connectivity index (χ3v) is 2.19. The van der Waals surface area contributed by atoms with Crippen LogP contribution in [0.5, 0.6) is 11.5 Å². The molecule has 2 heteroatoms. The number of benzene rings is 1. The Morgan fingerprint density at radius 1 is 1.38 bits per heavy atom. The summed E-state index contributed by atoms with van der Waals surface area (Å²) in [5.74, 6) is 1.15. The summed E-state index contributed by atoms with van der Waals surface area (Å²) in [4.78, 5) is 0. The largest absolute Gasteiger partial charge is 0.508 e. The van der Waals surface area contributed by atoms with Gasteiger partial charge in [-0.3, -0.25) is 0 Å². The van der Waals surface area contributed by atoms with E-state index in [1.165, 1.54) is 0 Å². The number of rotatable bonds is 0. The van der Waals surface area contributed by atoms with Gasteiger partial charge in [-0.2, -0.15) is 0 Å². The first-order valence-corrected chi connectivity index (χ1v) is 4.42. The molecule has 0 bridgehead atoms. The predicted molar refractivity (Wildman–Crippen MR) is 50.8 cm³/mol. The molecule has 0 fully saturated rings. The number of phenols is 1. The highest BCUT2D eigenvalue weighted by atomic mass is 16.5. The molecule has 0 saturated heterocycles. The van der Waals surface area contributed by atoms with Gasteiger partial charge in [-0.1, -0.05) is 0 Å². The van der Waals surface area contributed by atoms with Gasteiger partial charge in [-0.25, -0.2) is 0 Å². The number of hydrogen-bond donors (Lipinski definition) is 1. The zero-order valence-corrected chi connectivity index (χ0v) is 7.87. The molecule has 1 aromatic carbocycles. The van der Waals surface area contributed by atoms with E-state index in [-0.39, 0.29) is 5.60 Å². The van der Waals surface area contributed by atoms with Crippen molar-refractivity contribution < 1.29 is 9.84 Å². The van der Waals surface area contributed by atoms with Crippen molar-refractivity contribution in [3.63, 3.8) is 0 Å². The van der Waals surface area contributed by atoms with Crippen LogP contribution in [0.15, 0.2) is 18.2 Å². The van der Waals surface area contributed by atoms with Gasteiger partial charge in [-0.15, -0.1) is 0 Å². The molecule has 69 valence electrons. The maximum atomic E-state index is 9.24. The highest BCUT2D eigenvalue weighted by Crippen LogP contribution is 2.35. The summed E-state index contributed by atoms with van der Waals surface area (Å²) in [5.41, 5.74) is 0.864. The van der Waals surface area contributed by atoms with Crippen molar-refractivity contribution >= 4 is 0 Å². The Bertz CT molecular complexity index is 329. The molecule has 1 N–H and O–H groups in total. The minimum atomic E-state index is -0.121. The number of ether oxygens (including phenoxy) is 1. The summed E-state index contributed by atoms with van der Waals surface area (Å²) in [6, 6.07) is 5.18. The molecular formula is C11H13O2. The monoisotopic (exact) mass is 177 g/mol. The van der Waals surface area contributed by atoms with Gasteiger partial charge >= 0.3 is 0 Å². The third kappa shape index (κ3) is 1.62. The highest BCUT2D eigenvalue weighted by molar-refractivity contribution is 5.45. The minimum absolute atomic E-state index is 0.121. The van der Waals surface area contributed by atoms with E-state index in [4.69, 9.17) is 4.74 Å². The number of fused-ring (bicyclic) bond motifs is 1. The molecular weight excluding hydrogens is 164 g/mol. The number of hydrogen-bond acceptors (Lipinski definition) is 2. The molecule has 0 atom stereocenters. The van der Waals surface area contributed by atoms with Crippen LogP contribution in [-0.4, -0.2) is 10.7 Å². The Kier molecular flexibility index (Phi) is 1.72. The molecule has 1 heterocycles. The van der Waals surface area contributed by atoms with Gasteiger partial charge in [0, 0.05) is 5.56 Å². The summed E-state index contributed by atoms with van der Waals surface area (Å²) in [5, 5.41) is 9.24. The molecule has 0 aromatic heterocycles. The molecule has 2 rings (SSSR count). The lowest BCUT2D eigenvalue weighted by molar-refractivity contribution is 0.0986. The second kappa shape index (κ2) is 2.66. The third-order valence-electron chi connectivity index (χ3n) is 2.19. The van der Waals surface area contributed by atoms with Gasteiger partial charge in [0.25, 0.3) is 0 Å². The van der Waals surface area contributed by atoms with Crippen LogP contribution in [0, 0.1) is 6.42 Å². The second-order valence-electron chi connectivity index (χ2n) is 3.99. The second-order valence-corrected chi connectivity index (χ2v) is 3.99. The van der Waals surface area contributed by atoms with E-state index in [1.54, 1.807) is 12.1 Å². The summed E-state index contributed by atoms with van der Waals surface area (Å²) >= 11 is 0. The molecule has 0 saturated carbocycles. The molecule has 1 aliphatic rings. The molecule has 0 spiro atoms. The van der Waals surface area contributed by atoms with E-state index < -0.39 is 0 Å². The van der Waals surface area contributed by atoms with Crippen molar-refractivity contribution in [1.29, 1.82) is 0 Å². The van der Waals surface area contributed by atoms with Gasteiger partial charge in [0.05, 0.1) is 0 Å². The van der Waals surface area contributed by atoms with Crippen LogP contribution in [-0.2, 0) is 0 Å². The van der Waals surface area contributed by atoms with Crippen molar-refractivity contribution in [1.82, 2.24) is 0 Å². The average Bonchev–Trinajstić information content (AvgIpc) is 2.05. The van der Waals surface area contributed by atoms with Gasteiger partial charge in [-0.05, 0) is 44.9 Å². The van der Waals surface area contributed by atoms with E-state index in [0.29, 0.717) is 5.75 Å². The Morgan fingerprint density at radius 2 is 2.15 bits per heavy atom. The van der Waals surface area contributed by atoms with E-state index in [1.807, 2.05) is 6.07 Å². The number of aromatic hydroxyl groups is 1. The summed E-state index contributed by atoms with van der Waals surface area (Å²) in [6.07, 6.45) is 2.97. The average molecular weight is 177 g/mol. The van der Waals surface area contributed by atoms with Crippen LogP contribution in [0.1, 0.15) is 25.8 Å². The zero-order chi connectivity index (χ0) is 9.47. The zero-order valence-electron chi connectivity index (χ0n) is 7.87. The van der Waals surface area contributed by atoms with Crippen molar-refractivity contribution in [3.8, 4) is 11.5 Å². The Balaban J connectivity index is 2.37. The molecule has 0 aliphatic carbocycles. The van der Waals surface area contributed by atoms with Crippen LogP contribution in [0.4, 0.5) is 0 Å². The maximum Gasteiger partial charge on any atom is 0.123 e. The predicted octanol–water partition coefficient (Wildman–Crippen LogP) is 2.51. The minimum Gasteiger partial charge on any atom is -0.508 e. The van der Waals surface area contributed by atoms with Gasteiger partial charge in [0.2, 0.25) is 0 Å². The molecule has 1 aromatic rings. The lowest BCUT2D eigenvalue weighted by atomic mass is 9.94. The lowest BCUT2D eigenvalue weighted by Gasteiger charge is -2.32.